The first-order valence-corrected chi connectivity index (χ1v) is 7.66. The SMILES string of the molecule is CN(Cc1nnc2n1CCCC2)CC1CCCCN1. The molecule has 3 heterocycles. The van der Waals surface area contributed by atoms with E-state index < -0.39 is 0 Å². The fourth-order valence-electron chi connectivity index (χ4n) is 3.25. The molecular formula is C14H25N5. The summed E-state index contributed by atoms with van der Waals surface area (Å²) >= 11 is 0. The first-order valence-electron chi connectivity index (χ1n) is 7.66. The molecule has 1 fully saturated rings. The predicted molar refractivity (Wildman–Crippen MR) is 74.9 cm³/mol. The summed E-state index contributed by atoms with van der Waals surface area (Å²) in [7, 11) is 2.20. The summed E-state index contributed by atoms with van der Waals surface area (Å²) in [5.41, 5.74) is 0. The second-order valence-corrected chi connectivity index (χ2v) is 5.98. The van der Waals surface area contributed by atoms with Gasteiger partial charge >= 0.3 is 0 Å². The third kappa shape index (κ3) is 3.15. The third-order valence-corrected chi connectivity index (χ3v) is 4.29. The first kappa shape index (κ1) is 13.1. The molecule has 0 aromatic carbocycles. The summed E-state index contributed by atoms with van der Waals surface area (Å²) < 4.78 is 2.33. The van der Waals surface area contributed by atoms with Gasteiger partial charge in [-0.3, -0.25) is 4.90 Å². The number of rotatable bonds is 4. The van der Waals surface area contributed by atoms with Gasteiger partial charge in [-0.15, -0.1) is 10.2 Å². The minimum Gasteiger partial charge on any atom is -0.314 e. The fraction of sp³-hybridized carbons (Fsp3) is 0.857. The van der Waals surface area contributed by atoms with Gasteiger partial charge in [-0.25, -0.2) is 0 Å². The minimum atomic E-state index is 0.655. The molecule has 0 aliphatic carbocycles. The van der Waals surface area contributed by atoms with Gasteiger partial charge in [-0.05, 0) is 39.3 Å². The Bertz CT molecular complexity index is 408. The molecule has 1 unspecified atom stereocenters. The number of hydrogen-bond acceptors (Lipinski definition) is 4. The van der Waals surface area contributed by atoms with Gasteiger partial charge in [0.15, 0.2) is 0 Å². The van der Waals surface area contributed by atoms with Crippen LogP contribution in [0.5, 0.6) is 0 Å². The van der Waals surface area contributed by atoms with Crippen LogP contribution in [0.1, 0.15) is 43.8 Å². The Hall–Kier alpha value is -0.940. The Labute approximate surface area is 115 Å². The average molecular weight is 263 g/mol. The van der Waals surface area contributed by atoms with E-state index in [1.807, 2.05) is 0 Å². The number of piperidine rings is 1. The average Bonchev–Trinajstić information content (AvgIpc) is 2.83. The van der Waals surface area contributed by atoms with E-state index in [0.717, 1.165) is 31.9 Å². The molecule has 1 aromatic rings. The van der Waals surface area contributed by atoms with Gasteiger partial charge in [0.1, 0.15) is 11.6 Å². The van der Waals surface area contributed by atoms with Crippen LogP contribution in [0, 0.1) is 0 Å². The van der Waals surface area contributed by atoms with Crippen molar-refractivity contribution in [1.82, 2.24) is 25.0 Å². The Morgan fingerprint density at radius 1 is 1.26 bits per heavy atom. The van der Waals surface area contributed by atoms with Crippen molar-refractivity contribution in [1.29, 1.82) is 0 Å². The van der Waals surface area contributed by atoms with Crippen molar-refractivity contribution in [3.63, 3.8) is 0 Å². The maximum Gasteiger partial charge on any atom is 0.147 e. The third-order valence-electron chi connectivity index (χ3n) is 4.29. The molecule has 1 saturated heterocycles. The van der Waals surface area contributed by atoms with E-state index in [2.05, 4.69) is 32.0 Å². The van der Waals surface area contributed by atoms with Crippen molar-refractivity contribution in [3.05, 3.63) is 11.6 Å². The number of fused-ring (bicyclic) bond motifs is 1. The molecular weight excluding hydrogens is 238 g/mol. The molecule has 2 aliphatic heterocycles. The smallest absolute Gasteiger partial charge is 0.147 e. The Morgan fingerprint density at radius 2 is 2.21 bits per heavy atom. The highest BCUT2D eigenvalue weighted by molar-refractivity contribution is 4.98. The highest BCUT2D eigenvalue weighted by Crippen LogP contribution is 2.15. The van der Waals surface area contributed by atoms with Crippen molar-refractivity contribution in [3.8, 4) is 0 Å². The molecule has 0 bridgehead atoms. The van der Waals surface area contributed by atoms with Crippen LogP contribution in [-0.2, 0) is 19.5 Å². The number of nitrogens with one attached hydrogen (secondary N) is 1. The lowest BCUT2D eigenvalue weighted by molar-refractivity contribution is 0.248. The van der Waals surface area contributed by atoms with Crippen molar-refractivity contribution in [2.45, 2.75) is 57.7 Å². The van der Waals surface area contributed by atoms with E-state index in [9.17, 15) is 0 Å². The summed E-state index contributed by atoms with van der Waals surface area (Å²) in [6.07, 6.45) is 7.64. The van der Waals surface area contributed by atoms with Crippen LogP contribution in [-0.4, -0.2) is 45.8 Å². The first-order chi connectivity index (χ1) is 9.33. The van der Waals surface area contributed by atoms with Crippen LogP contribution < -0.4 is 5.32 Å². The Kier molecular flexibility index (Phi) is 4.13. The zero-order valence-electron chi connectivity index (χ0n) is 11.9. The molecule has 0 amide bonds. The second kappa shape index (κ2) is 6.01. The molecule has 0 radical (unpaired) electrons. The molecule has 5 heteroatoms. The largest absolute Gasteiger partial charge is 0.314 e. The number of aromatic nitrogens is 3. The number of likely N-dealkylation sites (N-methyl/N-ethyl adjacent to an activating group) is 1. The molecule has 0 saturated carbocycles. The summed E-state index contributed by atoms with van der Waals surface area (Å²) in [5, 5.41) is 12.3. The maximum atomic E-state index is 4.38. The summed E-state index contributed by atoms with van der Waals surface area (Å²) in [6, 6.07) is 0.655. The zero-order chi connectivity index (χ0) is 13.1. The van der Waals surface area contributed by atoms with Gasteiger partial charge in [-0.2, -0.15) is 0 Å². The topological polar surface area (TPSA) is 46.0 Å². The van der Waals surface area contributed by atoms with Crippen LogP contribution in [0.2, 0.25) is 0 Å². The van der Waals surface area contributed by atoms with Gasteiger partial charge in [0.05, 0.1) is 6.54 Å². The Balaban J connectivity index is 1.56. The van der Waals surface area contributed by atoms with Gasteiger partial charge in [-0.1, -0.05) is 6.42 Å². The van der Waals surface area contributed by atoms with Crippen LogP contribution >= 0.6 is 0 Å². The summed E-state index contributed by atoms with van der Waals surface area (Å²) in [6.45, 7) is 4.32. The fourth-order valence-corrected chi connectivity index (χ4v) is 3.25. The lowest BCUT2D eigenvalue weighted by atomic mass is 10.0. The molecule has 19 heavy (non-hydrogen) atoms. The molecule has 1 atom stereocenters. The van der Waals surface area contributed by atoms with Gasteiger partial charge in [0, 0.05) is 25.6 Å². The maximum absolute atomic E-state index is 4.38. The van der Waals surface area contributed by atoms with Crippen molar-refractivity contribution < 1.29 is 0 Å². The molecule has 1 N–H and O–H groups in total. The van der Waals surface area contributed by atoms with Crippen molar-refractivity contribution >= 4 is 0 Å². The highest BCUT2D eigenvalue weighted by atomic mass is 15.3. The second-order valence-electron chi connectivity index (χ2n) is 5.98. The molecule has 2 aliphatic rings. The monoisotopic (exact) mass is 263 g/mol. The lowest BCUT2D eigenvalue weighted by Gasteiger charge is -2.28. The van der Waals surface area contributed by atoms with Crippen LogP contribution in [0.25, 0.3) is 0 Å². The van der Waals surface area contributed by atoms with Crippen molar-refractivity contribution in [2.24, 2.45) is 0 Å². The van der Waals surface area contributed by atoms with Crippen molar-refractivity contribution in [2.75, 3.05) is 20.1 Å². The van der Waals surface area contributed by atoms with Gasteiger partial charge in [0.2, 0.25) is 0 Å². The highest BCUT2D eigenvalue weighted by Gasteiger charge is 2.19. The van der Waals surface area contributed by atoms with E-state index in [1.54, 1.807) is 0 Å². The molecule has 5 nitrogen and oxygen atoms in total. The quantitative estimate of drug-likeness (QED) is 0.886. The van der Waals surface area contributed by atoms with E-state index in [0.29, 0.717) is 6.04 Å². The minimum absolute atomic E-state index is 0.655. The van der Waals surface area contributed by atoms with Gasteiger partial charge < -0.3 is 9.88 Å². The lowest BCUT2D eigenvalue weighted by Crippen LogP contribution is -2.42. The molecule has 3 rings (SSSR count). The number of aryl methyl sites for hydroxylation is 1. The Morgan fingerprint density at radius 3 is 3.05 bits per heavy atom. The number of nitrogens with zero attached hydrogens (tertiary/aromatic N) is 4. The van der Waals surface area contributed by atoms with Crippen LogP contribution in [0.15, 0.2) is 0 Å². The molecule has 106 valence electrons. The number of hydrogen-bond donors (Lipinski definition) is 1. The van der Waals surface area contributed by atoms with Gasteiger partial charge in [0.25, 0.3) is 0 Å². The van der Waals surface area contributed by atoms with E-state index in [1.165, 1.54) is 44.5 Å². The predicted octanol–water partition coefficient (Wildman–Crippen LogP) is 1.19. The van der Waals surface area contributed by atoms with E-state index in [4.69, 9.17) is 0 Å². The van der Waals surface area contributed by atoms with E-state index in [-0.39, 0.29) is 0 Å². The zero-order valence-corrected chi connectivity index (χ0v) is 11.9. The van der Waals surface area contributed by atoms with E-state index >= 15 is 0 Å². The standard InChI is InChI=1S/C14H25N5/c1-18(10-12-6-2-4-8-15-12)11-14-17-16-13-7-3-5-9-19(13)14/h12,15H,2-11H2,1H3. The normalized spacial score (nSPS) is 23.6. The molecule has 1 aromatic heterocycles. The van der Waals surface area contributed by atoms with Crippen LogP contribution in [0.4, 0.5) is 0 Å². The molecule has 0 spiro atoms. The summed E-state index contributed by atoms with van der Waals surface area (Å²) in [5.74, 6) is 2.33. The summed E-state index contributed by atoms with van der Waals surface area (Å²) in [4.78, 5) is 2.38. The van der Waals surface area contributed by atoms with Crippen LogP contribution in [0.3, 0.4) is 0 Å².